The number of aromatic nitrogens is 2. The topological polar surface area (TPSA) is 58.1 Å². The standard InChI is InChI=1S/C13H15ClN4OS/c1-9-17-11(8-20-9)7-18(2)13(19)16-6-10-3-4-12(14)15-5-10/h3-5,8H,6-7H2,1-2H3,(H,16,19). The highest BCUT2D eigenvalue weighted by molar-refractivity contribution is 7.09. The molecule has 7 heteroatoms. The van der Waals surface area contributed by atoms with Gasteiger partial charge in [0.2, 0.25) is 0 Å². The molecule has 2 rings (SSSR count). The summed E-state index contributed by atoms with van der Waals surface area (Å²) in [6.45, 7) is 2.86. The molecule has 2 aromatic heterocycles. The van der Waals surface area contributed by atoms with Crippen LogP contribution in [0.5, 0.6) is 0 Å². The molecule has 0 unspecified atom stereocenters. The van der Waals surface area contributed by atoms with Crippen molar-refractivity contribution in [2.24, 2.45) is 0 Å². The van der Waals surface area contributed by atoms with Crippen LogP contribution in [-0.2, 0) is 13.1 Å². The molecule has 0 aromatic carbocycles. The van der Waals surface area contributed by atoms with Gasteiger partial charge in [0.15, 0.2) is 0 Å². The number of carbonyl (C=O) groups excluding carboxylic acids is 1. The summed E-state index contributed by atoms with van der Waals surface area (Å²) in [4.78, 5) is 21.8. The summed E-state index contributed by atoms with van der Waals surface area (Å²) in [5.41, 5.74) is 1.80. The number of carbonyl (C=O) groups is 1. The number of rotatable bonds is 4. The maximum Gasteiger partial charge on any atom is 0.317 e. The maximum atomic E-state index is 11.9. The van der Waals surface area contributed by atoms with Crippen LogP contribution in [0.4, 0.5) is 4.79 Å². The molecule has 0 bridgehead atoms. The van der Waals surface area contributed by atoms with E-state index in [1.54, 1.807) is 35.5 Å². The van der Waals surface area contributed by atoms with E-state index >= 15 is 0 Å². The van der Waals surface area contributed by atoms with Gasteiger partial charge in [0.1, 0.15) is 5.15 Å². The van der Waals surface area contributed by atoms with E-state index in [9.17, 15) is 4.79 Å². The highest BCUT2D eigenvalue weighted by Gasteiger charge is 2.10. The van der Waals surface area contributed by atoms with Crippen LogP contribution in [0.25, 0.3) is 0 Å². The summed E-state index contributed by atoms with van der Waals surface area (Å²) >= 11 is 7.28. The van der Waals surface area contributed by atoms with E-state index in [0.717, 1.165) is 16.3 Å². The van der Waals surface area contributed by atoms with E-state index in [0.29, 0.717) is 18.2 Å². The predicted octanol–water partition coefficient (Wildman–Crippen LogP) is 2.84. The fourth-order valence-electron chi connectivity index (χ4n) is 1.62. The molecule has 0 aliphatic heterocycles. The number of urea groups is 1. The molecule has 0 atom stereocenters. The summed E-state index contributed by atoms with van der Waals surface area (Å²) in [6.07, 6.45) is 1.65. The van der Waals surface area contributed by atoms with Crippen molar-refractivity contribution in [2.75, 3.05) is 7.05 Å². The van der Waals surface area contributed by atoms with E-state index in [1.165, 1.54) is 0 Å². The summed E-state index contributed by atoms with van der Waals surface area (Å²) in [7, 11) is 1.74. The SMILES string of the molecule is Cc1nc(CN(C)C(=O)NCc2ccc(Cl)nc2)cs1. The molecule has 20 heavy (non-hydrogen) atoms. The fourth-order valence-corrected chi connectivity index (χ4v) is 2.33. The number of nitrogens with zero attached hydrogens (tertiary/aromatic N) is 3. The second kappa shape index (κ2) is 6.67. The molecule has 0 saturated carbocycles. The van der Waals surface area contributed by atoms with Crippen molar-refractivity contribution in [2.45, 2.75) is 20.0 Å². The number of hydrogen-bond donors (Lipinski definition) is 1. The van der Waals surface area contributed by atoms with Gasteiger partial charge in [-0.1, -0.05) is 17.7 Å². The monoisotopic (exact) mass is 310 g/mol. The van der Waals surface area contributed by atoms with Gasteiger partial charge in [-0.05, 0) is 18.6 Å². The lowest BCUT2D eigenvalue weighted by atomic mass is 10.3. The minimum atomic E-state index is -0.148. The molecule has 2 aromatic rings. The minimum absolute atomic E-state index is 0.148. The van der Waals surface area contributed by atoms with Gasteiger partial charge in [-0.25, -0.2) is 14.8 Å². The Labute approximate surface area is 126 Å². The normalized spacial score (nSPS) is 10.3. The Hall–Kier alpha value is -1.66. The molecule has 0 radical (unpaired) electrons. The third kappa shape index (κ3) is 4.18. The Bertz CT molecular complexity index is 584. The Balaban J connectivity index is 1.83. The van der Waals surface area contributed by atoms with Crippen molar-refractivity contribution in [3.63, 3.8) is 0 Å². The Morgan fingerprint density at radius 1 is 1.50 bits per heavy atom. The minimum Gasteiger partial charge on any atom is -0.334 e. The third-order valence-corrected chi connectivity index (χ3v) is 3.69. The van der Waals surface area contributed by atoms with Crippen molar-refractivity contribution in [3.05, 3.63) is 45.1 Å². The van der Waals surface area contributed by atoms with E-state index in [-0.39, 0.29) is 6.03 Å². The molecule has 0 aliphatic carbocycles. The smallest absolute Gasteiger partial charge is 0.317 e. The van der Waals surface area contributed by atoms with E-state index in [1.807, 2.05) is 18.4 Å². The van der Waals surface area contributed by atoms with Crippen LogP contribution in [0, 0.1) is 6.92 Å². The maximum absolute atomic E-state index is 11.9. The van der Waals surface area contributed by atoms with Gasteiger partial charge in [-0.3, -0.25) is 0 Å². The molecule has 0 aliphatic rings. The van der Waals surface area contributed by atoms with Gasteiger partial charge in [0.25, 0.3) is 0 Å². The highest BCUT2D eigenvalue weighted by atomic mass is 35.5. The number of halogens is 1. The van der Waals surface area contributed by atoms with Gasteiger partial charge in [0, 0.05) is 25.2 Å². The average Bonchev–Trinajstić information content (AvgIpc) is 2.83. The van der Waals surface area contributed by atoms with Crippen LogP contribution >= 0.6 is 22.9 Å². The van der Waals surface area contributed by atoms with Gasteiger partial charge >= 0.3 is 6.03 Å². The fraction of sp³-hybridized carbons (Fsp3) is 0.308. The van der Waals surface area contributed by atoms with Gasteiger partial charge in [-0.2, -0.15) is 0 Å². The summed E-state index contributed by atoms with van der Waals surface area (Å²) in [5.74, 6) is 0. The number of pyridine rings is 1. The zero-order valence-electron chi connectivity index (χ0n) is 11.3. The second-order valence-electron chi connectivity index (χ2n) is 4.36. The molecule has 2 amide bonds. The molecule has 1 N–H and O–H groups in total. The Kier molecular flexibility index (Phi) is 4.92. The van der Waals surface area contributed by atoms with Crippen LogP contribution in [-0.4, -0.2) is 27.9 Å². The zero-order valence-corrected chi connectivity index (χ0v) is 12.8. The van der Waals surface area contributed by atoms with Gasteiger partial charge in [-0.15, -0.1) is 11.3 Å². The van der Waals surface area contributed by atoms with Crippen molar-refractivity contribution in [1.29, 1.82) is 0 Å². The lowest BCUT2D eigenvalue weighted by Gasteiger charge is -2.16. The van der Waals surface area contributed by atoms with Gasteiger partial charge in [0.05, 0.1) is 17.2 Å². The number of aryl methyl sites for hydroxylation is 1. The van der Waals surface area contributed by atoms with Gasteiger partial charge < -0.3 is 10.2 Å². The first kappa shape index (κ1) is 14.7. The van der Waals surface area contributed by atoms with Crippen LogP contribution in [0.15, 0.2) is 23.7 Å². The molecule has 0 fully saturated rings. The Morgan fingerprint density at radius 2 is 2.30 bits per heavy atom. The largest absolute Gasteiger partial charge is 0.334 e. The van der Waals surface area contributed by atoms with E-state index in [2.05, 4.69) is 15.3 Å². The van der Waals surface area contributed by atoms with Crippen LogP contribution in [0.1, 0.15) is 16.3 Å². The molecule has 106 valence electrons. The predicted molar refractivity (Wildman–Crippen MR) is 79.8 cm³/mol. The zero-order chi connectivity index (χ0) is 14.5. The van der Waals surface area contributed by atoms with E-state index < -0.39 is 0 Å². The van der Waals surface area contributed by atoms with Crippen LogP contribution < -0.4 is 5.32 Å². The second-order valence-corrected chi connectivity index (χ2v) is 5.81. The Morgan fingerprint density at radius 3 is 2.90 bits per heavy atom. The molecule has 0 spiro atoms. The van der Waals surface area contributed by atoms with Crippen LogP contribution in [0.3, 0.4) is 0 Å². The van der Waals surface area contributed by atoms with Crippen molar-refractivity contribution < 1.29 is 4.79 Å². The molecule has 0 saturated heterocycles. The van der Waals surface area contributed by atoms with Crippen molar-refractivity contribution in [1.82, 2.24) is 20.2 Å². The highest BCUT2D eigenvalue weighted by Crippen LogP contribution is 2.10. The molecular weight excluding hydrogens is 296 g/mol. The quantitative estimate of drug-likeness (QED) is 0.883. The average molecular weight is 311 g/mol. The van der Waals surface area contributed by atoms with E-state index in [4.69, 9.17) is 11.6 Å². The lowest BCUT2D eigenvalue weighted by Crippen LogP contribution is -2.36. The molecule has 2 heterocycles. The van der Waals surface area contributed by atoms with Crippen molar-refractivity contribution >= 4 is 29.0 Å². The molecule has 5 nitrogen and oxygen atoms in total. The third-order valence-electron chi connectivity index (χ3n) is 2.64. The summed E-state index contributed by atoms with van der Waals surface area (Å²) in [6, 6.07) is 3.38. The number of hydrogen-bond acceptors (Lipinski definition) is 4. The first-order chi connectivity index (χ1) is 9.54. The number of thiazole rings is 1. The summed E-state index contributed by atoms with van der Waals surface area (Å²) < 4.78 is 0. The summed E-state index contributed by atoms with van der Waals surface area (Å²) in [5, 5.41) is 6.23. The number of amides is 2. The lowest BCUT2D eigenvalue weighted by molar-refractivity contribution is 0.206. The van der Waals surface area contributed by atoms with Crippen molar-refractivity contribution in [3.8, 4) is 0 Å². The first-order valence-corrected chi connectivity index (χ1v) is 7.31. The van der Waals surface area contributed by atoms with Crippen LogP contribution in [0.2, 0.25) is 5.15 Å². The number of nitrogens with one attached hydrogen (secondary N) is 1. The molecular formula is C13H15ClN4OS. The first-order valence-electron chi connectivity index (χ1n) is 6.05.